The number of ketones is 1. The molecule has 5 aliphatic carbocycles. The summed E-state index contributed by atoms with van der Waals surface area (Å²) >= 11 is 0. The average Bonchev–Trinajstić information content (AvgIpc) is 3.52. The first kappa shape index (κ1) is 39.5. The van der Waals surface area contributed by atoms with E-state index in [-0.39, 0.29) is 50.8 Å². The number of carbonyl (C=O) groups is 3. The van der Waals surface area contributed by atoms with Crippen LogP contribution in [-0.2, 0) is 19.4 Å². The van der Waals surface area contributed by atoms with Crippen molar-refractivity contribution in [2.45, 2.75) is 106 Å². The van der Waals surface area contributed by atoms with E-state index in [4.69, 9.17) is 0 Å². The molecule has 0 radical (unpaired) electrons. The maximum absolute atomic E-state index is 14.5. The third kappa shape index (κ3) is 6.08. The van der Waals surface area contributed by atoms with Crippen molar-refractivity contribution in [3.8, 4) is 0 Å². The number of nitrogens with one attached hydrogen (secondary N) is 1. The number of nitrogens with zero attached hydrogens (tertiary/aromatic N) is 1. The Morgan fingerprint density at radius 3 is 2.22 bits per heavy atom. The summed E-state index contributed by atoms with van der Waals surface area (Å²) in [5.74, 6) is 0.554. The van der Waals surface area contributed by atoms with Crippen LogP contribution >= 0.6 is 0 Å². The van der Waals surface area contributed by atoms with E-state index in [9.17, 15) is 27.9 Å². The summed E-state index contributed by atoms with van der Waals surface area (Å²) in [7, 11) is -2.93. The molecule has 1 heterocycles. The van der Waals surface area contributed by atoms with E-state index in [0.29, 0.717) is 55.9 Å². The van der Waals surface area contributed by atoms with Gasteiger partial charge in [-0.2, -0.15) is 0 Å². The number of hydrogen-bond acceptors (Lipinski definition) is 6. The minimum absolute atomic E-state index is 0.0373. The molecular weight excluding hydrogens is 697 g/mol. The van der Waals surface area contributed by atoms with Crippen LogP contribution in [0.2, 0.25) is 0 Å². The van der Waals surface area contributed by atoms with E-state index in [2.05, 4.69) is 64.4 Å². The monoisotopic (exact) mass is 760 g/mol. The van der Waals surface area contributed by atoms with E-state index < -0.39 is 27.1 Å². The maximum atomic E-state index is 14.5. The summed E-state index contributed by atoms with van der Waals surface area (Å²) in [5, 5.41) is 12.5. The highest BCUT2D eigenvalue weighted by Gasteiger charge is 2.71. The van der Waals surface area contributed by atoms with Gasteiger partial charge in [0.25, 0.3) is 5.91 Å². The lowest BCUT2D eigenvalue weighted by molar-refractivity contribution is -0.224. The fourth-order valence-corrected chi connectivity index (χ4v) is 15.5. The first-order valence-corrected chi connectivity index (χ1v) is 22.6. The molecular formula is C45H64N2O6S. The second-order valence-corrected chi connectivity index (χ2v) is 22.0. The fourth-order valence-electron chi connectivity index (χ4n) is 14.2. The van der Waals surface area contributed by atoms with Gasteiger partial charge in [-0.05, 0) is 152 Å². The molecule has 0 spiro atoms. The quantitative estimate of drug-likeness (QED) is 0.150. The minimum atomic E-state index is -2.93. The Hall–Kier alpha value is -2.78. The van der Waals surface area contributed by atoms with Gasteiger partial charge < -0.3 is 15.3 Å². The van der Waals surface area contributed by atoms with Gasteiger partial charge in [0.1, 0.15) is 0 Å². The average molecular weight is 761 g/mol. The first-order chi connectivity index (χ1) is 25.3. The lowest BCUT2D eigenvalue weighted by atomic mass is 9.32. The largest absolute Gasteiger partial charge is 0.478 e. The second kappa shape index (κ2) is 13.7. The SMILES string of the molecule is C=C(C)[C@@H]1CC[C@]2(C(=O)C(=O)NCCCN3CCS(=O)(=O)CC3)CC[C@]3(C)[C@H](CC[C@@H]4[C@@]5(C)CC=C(c6ccc(C(=O)O)cc6)C(C)(C)[C@@H]5CC[C@]43C)[C@@H]12. The number of aromatic carboxylic acids is 1. The normalized spacial score (nSPS) is 39.5. The van der Waals surface area contributed by atoms with Crippen molar-refractivity contribution in [1.82, 2.24) is 10.2 Å². The molecule has 6 aliphatic rings. The summed E-state index contributed by atoms with van der Waals surface area (Å²) in [6.07, 6.45) is 12.0. The molecule has 54 heavy (non-hydrogen) atoms. The zero-order chi connectivity index (χ0) is 39.1. The summed E-state index contributed by atoms with van der Waals surface area (Å²) in [6, 6.07) is 7.44. The Kier molecular flexibility index (Phi) is 10.0. The lowest BCUT2D eigenvalue weighted by Crippen LogP contribution is -2.66. The summed E-state index contributed by atoms with van der Waals surface area (Å²) in [5.41, 5.74) is 3.46. The number of hydrogen-bond donors (Lipinski definition) is 2. The number of amides is 1. The number of fused-ring (bicyclic) bond motifs is 7. The fraction of sp³-hybridized carbons (Fsp3) is 0.711. The topological polar surface area (TPSA) is 121 Å². The number of rotatable bonds is 9. The zero-order valence-corrected chi connectivity index (χ0v) is 34.5. The van der Waals surface area contributed by atoms with Crippen LogP contribution < -0.4 is 5.32 Å². The number of Topliss-reactive ketones (excluding diaryl/α,β-unsaturated/α-hetero) is 1. The van der Waals surface area contributed by atoms with Gasteiger partial charge in [-0.25, -0.2) is 13.2 Å². The van der Waals surface area contributed by atoms with Crippen LogP contribution in [0.15, 0.2) is 42.5 Å². The van der Waals surface area contributed by atoms with Gasteiger partial charge in [-0.3, -0.25) is 9.59 Å². The maximum Gasteiger partial charge on any atom is 0.335 e. The predicted molar refractivity (Wildman–Crippen MR) is 213 cm³/mol. The molecule has 1 aromatic rings. The number of sulfone groups is 1. The summed E-state index contributed by atoms with van der Waals surface area (Å²) in [6.45, 7) is 21.3. The van der Waals surface area contributed by atoms with Crippen molar-refractivity contribution >= 4 is 33.1 Å². The van der Waals surface area contributed by atoms with Crippen molar-refractivity contribution in [1.29, 1.82) is 0 Å². The summed E-state index contributed by atoms with van der Waals surface area (Å²) < 4.78 is 23.6. The van der Waals surface area contributed by atoms with Crippen LogP contribution in [-0.4, -0.2) is 73.8 Å². The zero-order valence-electron chi connectivity index (χ0n) is 33.6. The van der Waals surface area contributed by atoms with E-state index in [1.165, 1.54) is 5.57 Å². The van der Waals surface area contributed by atoms with E-state index in [1.54, 1.807) is 12.1 Å². The van der Waals surface area contributed by atoms with Crippen molar-refractivity contribution < 1.29 is 27.9 Å². The van der Waals surface area contributed by atoms with Crippen LogP contribution in [0.25, 0.3) is 5.57 Å². The minimum Gasteiger partial charge on any atom is -0.478 e. The van der Waals surface area contributed by atoms with Gasteiger partial charge in [0.05, 0.1) is 17.1 Å². The van der Waals surface area contributed by atoms with Gasteiger partial charge >= 0.3 is 5.97 Å². The number of allylic oxidation sites excluding steroid dienone is 3. The van der Waals surface area contributed by atoms with Crippen LogP contribution in [0.1, 0.15) is 122 Å². The number of carboxylic acid groups (broad SMARTS) is 1. The van der Waals surface area contributed by atoms with Gasteiger partial charge in [-0.15, -0.1) is 0 Å². The highest BCUT2D eigenvalue weighted by molar-refractivity contribution is 7.91. The second-order valence-electron chi connectivity index (χ2n) is 19.7. The molecule has 1 aliphatic heterocycles. The van der Waals surface area contributed by atoms with Crippen molar-refractivity contribution in [2.24, 2.45) is 56.7 Å². The Bertz CT molecular complexity index is 1840. The van der Waals surface area contributed by atoms with Crippen LogP contribution in [0.4, 0.5) is 0 Å². The number of benzene rings is 1. The molecule has 296 valence electrons. The van der Waals surface area contributed by atoms with Gasteiger partial charge in [-0.1, -0.05) is 65.0 Å². The first-order valence-electron chi connectivity index (χ1n) is 20.8. The molecule has 0 bridgehead atoms. The smallest absolute Gasteiger partial charge is 0.335 e. The Morgan fingerprint density at radius 1 is 0.889 bits per heavy atom. The van der Waals surface area contributed by atoms with Gasteiger partial charge in [0.2, 0.25) is 5.78 Å². The molecule has 2 N–H and O–H groups in total. The van der Waals surface area contributed by atoms with Crippen LogP contribution in [0, 0.1) is 56.7 Å². The lowest BCUT2D eigenvalue weighted by Gasteiger charge is -2.72. The third-order valence-electron chi connectivity index (χ3n) is 17.1. The highest BCUT2D eigenvalue weighted by Crippen LogP contribution is 2.77. The Labute approximate surface area is 323 Å². The van der Waals surface area contributed by atoms with Crippen molar-refractivity contribution in [3.05, 3.63) is 53.6 Å². The molecule has 4 saturated carbocycles. The standard InChI is InChI=1S/C45H64N2O6S/c1-29(2)32-15-20-45(38(48)39(49)46-23-8-24-47-25-27-54(52,53)28-26-47)22-21-43(6)34(37(32)45)13-14-36-42(5)18-16-33(30-9-11-31(12-10-30)40(50)51)41(3,4)35(42)17-19-44(36,43)7/h9-12,16,32,34-37H,1,8,13-15,17-28H2,2-7H3,(H,46,49)(H,50,51)/t32-,34+,35-,36+,37+,42-,43+,44+,45-/m0/s1. The van der Waals surface area contributed by atoms with Crippen molar-refractivity contribution in [3.63, 3.8) is 0 Å². The molecule has 1 amide bonds. The van der Waals surface area contributed by atoms with E-state index in [0.717, 1.165) is 68.9 Å². The number of carboxylic acids is 1. The molecule has 9 atom stereocenters. The van der Waals surface area contributed by atoms with Crippen LogP contribution in [0.5, 0.6) is 0 Å². The molecule has 0 unspecified atom stereocenters. The van der Waals surface area contributed by atoms with Gasteiger partial charge in [0.15, 0.2) is 9.84 Å². The molecule has 7 rings (SSSR count). The summed E-state index contributed by atoms with van der Waals surface area (Å²) in [4.78, 5) is 42.0. The van der Waals surface area contributed by atoms with Crippen molar-refractivity contribution in [2.75, 3.05) is 37.7 Å². The Morgan fingerprint density at radius 2 is 1.57 bits per heavy atom. The highest BCUT2D eigenvalue weighted by atomic mass is 32.2. The number of carbonyl (C=O) groups excluding carboxylic acids is 2. The van der Waals surface area contributed by atoms with E-state index in [1.807, 2.05) is 12.1 Å². The van der Waals surface area contributed by atoms with Gasteiger partial charge in [0, 0.05) is 25.0 Å². The van der Waals surface area contributed by atoms with Crippen LogP contribution in [0.3, 0.4) is 0 Å². The third-order valence-corrected chi connectivity index (χ3v) is 18.7. The van der Waals surface area contributed by atoms with E-state index >= 15 is 0 Å². The predicted octanol–water partition coefficient (Wildman–Crippen LogP) is 7.84. The Balaban J connectivity index is 1.11. The molecule has 9 heteroatoms. The molecule has 8 nitrogen and oxygen atoms in total. The molecule has 0 aromatic heterocycles. The molecule has 5 fully saturated rings. The molecule has 1 saturated heterocycles. The molecule has 1 aromatic carbocycles.